The van der Waals surface area contributed by atoms with E-state index in [-0.39, 0.29) is 0 Å². The summed E-state index contributed by atoms with van der Waals surface area (Å²) in [6.45, 7) is 0. The van der Waals surface area contributed by atoms with E-state index in [0.29, 0.717) is 11.1 Å². The molecule has 0 N–H and O–H groups in total. The number of rotatable bonds is 3. The summed E-state index contributed by atoms with van der Waals surface area (Å²) in [5, 5.41) is 24.4. The predicted molar refractivity (Wildman–Crippen MR) is 170 cm³/mol. The number of benzene rings is 6. The van der Waals surface area contributed by atoms with E-state index in [4.69, 9.17) is 0 Å². The van der Waals surface area contributed by atoms with Crippen LogP contribution in [-0.2, 0) is 0 Å². The number of nitrogens with zero attached hydrogens (tertiary/aromatic N) is 4. The molecule has 2 aromatic heterocycles. The zero-order chi connectivity index (χ0) is 28.2. The molecule has 0 bridgehead atoms. The first-order valence-corrected chi connectivity index (χ1v) is 13.8. The largest absolute Gasteiger partial charge is 0.309 e. The highest BCUT2D eigenvalue weighted by Crippen LogP contribution is 2.38. The van der Waals surface area contributed by atoms with Crippen molar-refractivity contribution in [3.63, 3.8) is 0 Å². The lowest BCUT2D eigenvalue weighted by molar-refractivity contribution is 1.16. The van der Waals surface area contributed by atoms with Gasteiger partial charge in [-0.3, -0.25) is 0 Å². The Morgan fingerprint density at radius 3 is 1.62 bits per heavy atom. The Balaban J connectivity index is 1.37. The Morgan fingerprint density at radius 1 is 0.429 bits per heavy atom. The van der Waals surface area contributed by atoms with Crippen LogP contribution in [0.5, 0.6) is 0 Å². The molecule has 8 rings (SSSR count). The van der Waals surface area contributed by atoms with Crippen LogP contribution in [0.4, 0.5) is 0 Å². The molecule has 0 amide bonds. The van der Waals surface area contributed by atoms with E-state index >= 15 is 0 Å². The summed E-state index contributed by atoms with van der Waals surface area (Å²) in [6.07, 6.45) is 0. The van der Waals surface area contributed by atoms with Crippen LogP contribution in [0, 0.1) is 22.7 Å². The minimum Gasteiger partial charge on any atom is -0.309 e. The van der Waals surface area contributed by atoms with Gasteiger partial charge in [0.1, 0.15) is 6.07 Å². The highest BCUT2D eigenvalue weighted by molar-refractivity contribution is 6.11. The van der Waals surface area contributed by atoms with Crippen molar-refractivity contribution in [2.45, 2.75) is 0 Å². The molecule has 0 aliphatic carbocycles. The molecule has 4 heteroatoms. The SMILES string of the molecule is N#Cc1ccc2c(c1)c1ccccc1n2-c1ccccc1-c1ccc(-n2c3ccccc3c3ccccc32)c(C#N)c1. The summed E-state index contributed by atoms with van der Waals surface area (Å²) in [5.41, 5.74) is 9.35. The van der Waals surface area contributed by atoms with Crippen LogP contribution in [-0.4, -0.2) is 9.13 Å². The number of para-hydroxylation sites is 4. The Labute approximate surface area is 242 Å². The Bertz CT molecular complexity index is 2390. The first kappa shape index (κ1) is 23.8. The second-order valence-electron chi connectivity index (χ2n) is 10.4. The van der Waals surface area contributed by atoms with Gasteiger partial charge in [-0.1, -0.05) is 78.9 Å². The van der Waals surface area contributed by atoms with E-state index in [1.165, 1.54) is 0 Å². The van der Waals surface area contributed by atoms with Gasteiger partial charge in [-0.2, -0.15) is 10.5 Å². The molecule has 194 valence electrons. The first-order chi connectivity index (χ1) is 20.8. The normalized spacial score (nSPS) is 11.3. The number of hydrogen-bond donors (Lipinski definition) is 0. The van der Waals surface area contributed by atoms with E-state index in [0.717, 1.165) is 66.1 Å². The third kappa shape index (κ3) is 3.40. The van der Waals surface area contributed by atoms with Crippen LogP contribution >= 0.6 is 0 Å². The lowest BCUT2D eigenvalue weighted by atomic mass is 10.00. The molecule has 0 spiro atoms. The zero-order valence-corrected chi connectivity index (χ0v) is 22.5. The van der Waals surface area contributed by atoms with Crippen molar-refractivity contribution in [1.82, 2.24) is 9.13 Å². The molecule has 0 radical (unpaired) electrons. The molecule has 8 aromatic rings. The monoisotopic (exact) mass is 534 g/mol. The highest BCUT2D eigenvalue weighted by atomic mass is 15.0. The average molecular weight is 535 g/mol. The Hall–Kier alpha value is -6.10. The van der Waals surface area contributed by atoms with Gasteiger partial charge >= 0.3 is 0 Å². The van der Waals surface area contributed by atoms with E-state index < -0.39 is 0 Å². The lowest BCUT2D eigenvalue weighted by Gasteiger charge is -2.16. The van der Waals surface area contributed by atoms with Crippen molar-refractivity contribution < 1.29 is 0 Å². The molecule has 2 heterocycles. The van der Waals surface area contributed by atoms with Crippen LogP contribution < -0.4 is 0 Å². The fourth-order valence-corrected chi connectivity index (χ4v) is 6.38. The van der Waals surface area contributed by atoms with Crippen LogP contribution in [0.3, 0.4) is 0 Å². The van der Waals surface area contributed by atoms with Gasteiger partial charge in [-0.25, -0.2) is 0 Å². The van der Waals surface area contributed by atoms with Crippen molar-refractivity contribution >= 4 is 43.6 Å². The molecular weight excluding hydrogens is 512 g/mol. The van der Waals surface area contributed by atoms with E-state index in [9.17, 15) is 10.5 Å². The van der Waals surface area contributed by atoms with E-state index in [1.54, 1.807) is 0 Å². The van der Waals surface area contributed by atoms with Crippen molar-refractivity contribution in [3.8, 4) is 34.6 Å². The van der Waals surface area contributed by atoms with E-state index in [1.807, 2.05) is 60.7 Å². The standard InChI is InChI=1S/C38H22N4/c39-23-25-17-19-38-32(21-25)31-12-4-8-16-37(31)42(38)34-13-5-1-9-28(34)26-18-20-33(27(22-26)24-40)41-35-14-6-2-10-29(35)30-11-3-7-15-36(30)41/h1-22H. The third-order valence-electron chi connectivity index (χ3n) is 8.20. The molecule has 6 aromatic carbocycles. The number of aromatic nitrogens is 2. The molecule has 0 fully saturated rings. The Morgan fingerprint density at radius 2 is 0.976 bits per heavy atom. The maximum absolute atomic E-state index is 10.4. The summed E-state index contributed by atoms with van der Waals surface area (Å²) in [6, 6.07) is 50.1. The highest BCUT2D eigenvalue weighted by Gasteiger charge is 2.18. The lowest BCUT2D eigenvalue weighted by Crippen LogP contribution is -2.00. The summed E-state index contributed by atoms with van der Waals surface area (Å²) in [7, 11) is 0. The van der Waals surface area contributed by atoms with Gasteiger partial charge in [-0.05, 0) is 60.2 Å². The quantitative estimate of drug-likeness (QED) is 0.227. The van der Waals surface area contributed by atoms with Crippen LogP contribution in [0.15, 0.2) is 133 Å². The maximum Gasteiger partial charge on any atom is 0.101 e. The van der Waals surface area contributed by atoms with Gasteiger partial charge in [0, 0.05) is 27.1 Å². The molecule has 0 aliphatic rings. The van der Waals surface area contributed by atoms with Crippen molar-refractivity contribution in [2.75, 3.05) is 0 Å². The fraction of sp³-hybridized carbons (Fsp3) is 0. The molecule has 0 saturated heterocycles. The molecule has 0 saturated carbocycles. The first-order valence-electron chi connectivity index (χ1n) is 13.8. The molecule has 4 nitrogen and oxygen atoms in total. The predicted octanol–water partition coefficient (Wildman–Crippen LogP) is 9.29. The summed E-state index contributed by atoms with van der Waals surface area (Å²) < 4.78 is 4.45. The van der Waals surface area contributed by atoms with Crippen molar-refractivity contribution in [1.29, 1.82) is 10.5 Å². The topological polar surface area (TPSA) is 57.4 Å². The Kier molecular flexibility index (Phi) is 5.22. The second-order valence-corrected chi connectivity index (χ2v) is 10.4. The molecule has 0 aliphatic heterocycles. The van der Waals surface area contributed by atoms with Crippen molar-refractivity contribution in [2.24, 2.45) is 0 Å². The number of fused-ring (bicyclic) bond motifs is 6. The van der Waals surface area contributed by atoms with Crippen LogP contribution in [0.2, 0.25) is 0 Å². The van der Waals surface area contributed by atoms with Gasteiger partial charge in [0.15, 0.2) is 0 Å². The molecule has 0 unspecified atom stereocenters. The summed E-state index contributed by atoms with van der Waals surface area (Å²) in [4.78, 5) is 0. The smallest absolute Gasteiger partial charge is 0.101 e. The summed E-state index contributed by atoms with van der Waals surface area (Å²) >= 11 is 0. The van der Waals surface area contributed by atoms with Gasteiger partial charge in [0.25, 0.3) is 0 Å². The molecule has 42 heavy (non-hydrogen) atoms. The maximum atomic E-state index is 10.4. The molecular formula is C38H22N4. The van der Waals surface area contributed by atoms with Crippen LogP contribution in [0.1, 0.15) is 11.1 Å². The van der Waals surface area contributed by atoms with Crippen LogP contribution in [0.25, 0.3) is 66.1 Å². The minimum absolute atomic E-state index is 0.606. The van der Waals surface area contributed by atoms with Gasteiger partial charge in [0.05, 0.1) is 50.6 Å². The van der Waals surface area contributed by atoms with Gasteiger partial charge < -0.3 is 9.13 Å². The third-order valence-corrected chi connectivity index (χ3v) is 8.20. The minimum atomic E-state index is 0.606. The number of nitriles is 2. The van der Waals surface area contributed by atoms with Crippen molar-refractivity contribution in [3.05, 3.63) is 145 Å². The summed E-state index contributed by atoms with van der Waals surface area (Å²) in [5.74, 6) is 0. The second kappa shape index (κ2) is 9.24. The van der Waals surface area contributed by atoms with Gasteiger partial charge in [0.2, 0.25) is 0 Å². The number of hydrogen-bond acceptors (Lipinski definition) is 2. The molecule has 0 atom stereocenters. The van der Waals surface area contributed by atoms with E-state index in [2.05, 4.69) is 94.1 Å². The van der Waals surface area contributed by atoms with Gasteiger partial charge in [-0.15, -0.1) is 0 Å². The average Bonchev–Trinajstić information content (AvgIpc) is 3.57. The fourth-order valence-electron chi connectivity index (χ4n) is 6.38. The zero-order valence-electron chi connectivity index (χ0n) is 22.5.